The quantitative estimate of drug-likeness (QED) is 0.424. The van der Waals surface area contributed by atoms with E-state index in [9.17, 15) is 14.4 Å². The Morgan fingerprint density at radius 2 is 1.78 bits per heavy atom. The van der Waals surface area contributed by atoms with Gasteiger partial charge in [-0.1, -0.05) is 53.3 Å². The maximum absolute atomic E-state index is 13.7. The van der Waals surface area contributed by atoms with E-state index >= 15 is 0 Å². The van der Waals surface area contributed by atoms with E-state index in [-0.39, 0.29) is 25.4 Å². The minimum absolute atomic E-state index is 0.202. The van der Waals surface area contributed by atoms with E-state index in [4.69, 9.17) is 14.2 Å². The van der Waals surface area contributed by atoms with Crippen LogP contribution in [-0.2, 0) is 19.1 Å². The third kappa shape index (κ3) is 5.72. The lowest BCUT2D eigenvalue weighted by Gasteiger charge is -2.24. The highest BCUT2D eigenvalue weighted by Gasteiger charge is 2.33. The molecule has 1 atom stereocenters. The third-order valence-corrected chi connectivity index (χ3v) is 6.71. The lowest BCUT2D eigenvalue weighted by Crippen LogP contribution is -2.39. The van der Waals surface area contributed by atoms with Crippen LogP contribution in [-0.4, -0.2) is 36.3 Å². The smallest absolute Gasteiger partial charge is 0.344 e. The maximum atomic E-state index is 13.7. The number of aryl methyl sites for hydroxylation is 1. The van der Waals surface area contributed by atoms with Crippen molar-refractivity contribution in [3.05, 3.63) is 96.2 Å². The molecule has 0 aliphatic carbocycles. The number of nitrogens with zero attached hydrogens (tertiary/aromatic N) is 2. The zero-order valence-corrected chi connectivity index (χ0v) is 22.0. The van der Waals surface area contributed by atoms with E-state index in [0.29, 0.717) is 26.4 Å². The molecule has 1 aliphatic heterocycles. The van der Waals surface area contributed by atoms with Crippen LogP contribution in [0.25, 0.3) is 6.08 Å². The van der Waals surface area contributed by atoms with Gasteiger partial charge in [-0.2, -0.15) is 0 Å². The molecule has 0 bridgehead atoms. The molecule has 0 fully saturated rings. The molecular weight excluding hydrogens is 492 g/mol. The second-order valence-corrected chi connectivity index (χ2v) is 9.39. The molecule has 0 radical (unpaired) electrons. The molecule has 192 valence electrons. The van der Waals surface area contributed by atoms with Gasteiger partial charge in [0, 0.05) is 0 Å². The molecule has 2 aromatic carbocycles. The second kappa shape index (κ2) is 11.4. The van der Waals surface area contributed by atoms with Crippen molar-refractivity contribution in [1.29, 1.82) is 0 Å². The number of carbonyl (C=O) groups excluding carboxylic acids is 2. The molecule has 37 heavy (non-hydrogen) atoms. The summed E-state index contributed by atoms with van der Waals surface area (Å²) in [5.41, 5.74) is 3.19. The van der Waals surface area contributed by atoms with Crippen LogP contribution in [0.15, 0.2) is 69.6 Å². The largest absolute Gasteiger partial charge is 0.482 e. The fourth-order valence-corrected chi connectivity index (χ4v) is 5.09. The Bertz CT molecular complexity index is 1530. The zero-order valence-electron chi connectivity index (χ0n) is 21.1. The molecule has 9 heteroatoms. The summed E-state index contributed by atoms with van der Waals surface area (Å²) in [6.07, 6.45) is 1.75. The van der Waals surface area contributed by atoms with Crippen LogP contribution in [0.3, 0.4) is 0 Å². The molecule has 0 amide bonds. The first kappa shape index (κ1) is 26.1. The summed E-state index contributed by atoms with van der Waals surface area (Å²) >= 11 is 1.25. The normalized spacial score (nSPS) is 15.1. The summed E-state index contributed by atoms with van der Waals surface area (Å²) in [6.45, 7) is 7.51. The van der Waals surface area contributed by atoms with Crippen molar-refractivity contribution in [3.8, 4) is 5.75 Å². The monoisotopic (exact) mass is 520 g/mol. The van der Waals surface area contributed by atoms with Crippen LogP contribution >= 0.6 is 11.3 Å². The number of thiazole rings is 1. The van der Waals surface area contributed by atoms with Gasteiger partial charge in [0.25, 0.3) is 5.56 Å². The van der Waals surface area contributed by atoms with E-state index in [1.54, 1.807) is 49.6 Å². The van der Waals surface area contributed by atoms with Gasteiger partial charge >= 0.3 is 11.9 Å². The number of hydrogen-bond acceptors (Lipinski definition) is 8. The van der Waals surface area contributed by atoms with Gasteiger partial charge in [-0.05, 0) is 57.0 Å². The number of hydrogen-bond donors (Lipinski definition) is 0. The Hall–Kier alpha value is -3.98. The summed E-state index contributed by atoms with van der Waals surface area (Å²) in [5.74, 6) is -0.465. The molecule has 1 aromatic heterocycles. The average Bonchev–Trinajstić information content (AvgIpc) is 3.17. The van der Waals surface area contributed by atoms with Gasteiger partial charge in [0.2, 0.25) is 0 Å². The van der Waals surface area contributed by atoms with E-state index < -0.39 is 18.0 Å². The van der Waals surface area contributed by atoms with Gasteiger partial charge < -0.3 is 14.2 Å². The topological polar surface area (TPSA) is 96.2 Å². The van der Waals surface area contributed by atoms with Crippen LogP contribution < -0.4 is 19.6 Å². The Morgan fingerprint density at radius 3 is 2.49 bits per heavy atom. The molecular formula is C28H28N2O6S. The molecule has 0 unspecified atom stereocenters. The van der Waals surface area contributed by atoms with Gasteiger partial charge in [-0.3, -0.25) is 9.36 Å². The van der Waals surface area contributed by atoms with Gasteiger partial charge in [0.15, 0.2) is 11.4 Å². The first-order valence-corrected chi connectivity index (χ1v) is 12.8. The molecule has 4 rings (SSSR count). The van der Waals surface area contributed by atoms with Crippen LogP contribution in [0.2, 0.25) is 0 Å². The van der Waals surface area contributed by atoms with Crippen LogP contribution in [0, 0.1) is 6.92 Å². The van der Waals surface area contributed by atoms with Crippen molar-refractivity contribution < 1.29 is 23.8 Å². The molecule has 2 heterocycles. The Kier molecular flexibility index (Phi) is 8.03. The van der Waals surface area contributed by atoms with Crippen molar-refractivity contribution in [2.75, 3.05) is 19.8 Å². The average molecular weight is 521 g/mol. The summed E-state index contributed by atoms with van der Waals surface area (Å²) in [7, 11) is 0. The minimum Gasteiger partial charge on any atom is -0.482 e. The predicted octanol–water partition coefficient (Wildman–Crippen LogP) is 3.05. The van der Waals surface area contributed by atoms with Gasteiger partial charge in [0.1, 0.15) is 5.75 Å². The fraction of sp³-hybridized carbons (Fsp3) is 0.286. The van der Waals surface area contributed by atoms with Crippen molar-refractivity contribution in [1.82, 2.24) is 4.57 Å². The molecule has 0 N–H and O–H groups in total. The SMILES string of the molecule is CCOC(=O)COc1cccc(/C=c2\sc3n(c2=O)[C@H](c2ccc(C)cc2)C(C(=O)OCC)=C(C)N=3)c1. The molecule has 3 aromatic rings. The van der Waals surface area contributed by atoms with Gasteiger partial charge in [0.05, 0.1) is 35.1 Å². The highest BCUT2D eigenvalue weighted by Crippen LogP contribution is 2.30. The van der Waals surface area contributed by atoms with Crippen molar-refractivity contribution in [3.63, 3.8) is 0 Å². The summed E-state index contributed by atoms with van der Waals surface area (Å²) in [6, 6.07) is 14.2. The molecule has 1 aliphatic rings. The number of rotatable bonds is 8. The highest BCUT2D eigenvalue weighted by atomic mass is 32.1. The van der Waals surface area contributed by atoms with E-state index in [1.165, 1.54) is 11.3 Å². The number of benzene rings is 2. The molecule has 0 saturated heterocycles. The number of ether oxygens (including phenoxy) is 3. The van der Waals surface area contributed by atoms with E-state index in [1.807, 2.05) is 37.3 Å². The Balaban J connectivity index is 1.78. The number of aromatic nitrogens is 1. The van der Waals surface area contributed by atoms with Crippen molar-refractivity contribution in [2.45, 2.75) is 33.7 Å². The third-order valence-electron chi connectivity index (χ3n) is 5.73. The van der Waals surface area contributed by atoms with E-state index in [2.05, 4.69) is 4.99 Å². The molecule has 0 spiro atoms. The second-order valence-electron chi connectivity index (χ2n) is 8.38. The lowest BCUT2D eigenvalue weighted by atomic mass is 9.95. The number of carbonyl (C=O) groups is 2. The summed E-state index contributed by atoms with van der Waals surface area (Å²) < 4.78 is 17.8. The molecule has 8 nitrogen and oxygen atoms in total. The zero-order chi connectivity index (χ0) is 26.5. The van der Waals surface area contributed by atoms with E-state index in [0.717, 1.165) is 16.7 Å². The number of fused-ring (bicyclic) bond motifs is 1. The highest BCUT2D eigenvalue weighted by molar-refractivity contribution is 7.07. The maximum Gasteiger partial charge on any atom is 0.344 e. The molecule has 0 saturated carbocycles. The standard InChI is InChI=1S/C28H28N2O6S/c1-5-34-23(31)16-36-21-9-7-8-19(14-21)15-22-26(32)30-25(20-12-10-17(3)11-13-20)24(27(33)35-6-2)18(4)29-28(30)37-22/h7-15,25H,5-6,16H2,1-4H3/b22-15-/t25-/m1/s1. The van der Waals surface area contributed by atoms with Crippen LogP contribution in [0.4, 0.5) is 0 Å². The summed E-state index contributed by atoms with van der Waals surface area (Å²) in [5, 5.41) is 0. The number of allylic oxidation sites excluding steroid dienone is 1. The first-order chi connectivity index (χ1) is 17.8. The summed E-state index contributed by atoms with van der Waals surface area (Å²) in [4.78, 5) is 43.4. The predicted molar refractivity (Wildman–Crippen MR) is 140 cm³/mol. The van der Waals surface area contributed by atoms with Crippen LogP contribution in [0.5, 0.6) is 5.75 Å². The minimum atomic E-state index is -0.655. The van der Waals surface area contributed by atoms with Crippen molar-refractivity contribution in [2.24, 2.45) is 4.99 Å². The van der Waals surface area contributed by atoms with Gasteiger partial charge in [-0.25, -0.2) is 14.6 Å². The first-order valence-electron chi connectivity index (χ1n) is 12.0. The lowest BCUT2D eigenvalue weighted by molar-refractivity contribution is -0.145. The Labute approximate surface area is 218 Å². The van der Waals surface area contributed by atoms with Crippen molar-refractivity contribution >= 4 is 29.4 Å². The van der Waals surface area contributed by atoms with Crippen LogP contribution in [0.1, 0.15) is 43.5 Å². The fourth-order valence-electron chi connectivity index (χ4n) is 4.05. The number of esters is 2. The van der Waals surface area contributed by atoms with Gasteiger partial charge in [-0.15, -0.1) is 0 Å². The Morgan fingerprint density at radius 1 is 1.05 bits per heavy atom.